The van der Waals surface area contributed by atoms with Crippen LogP contribution in [0.5, 0.6) is 0 Å². The van der Waals surface area contributed by atoms with Gasteiger partial charge in [-0.3, -0.25) is 9.48 Å². The van der Waals surface area contributed by atoms with E-state index in [4.69, 9.17) is 5.73 Å². The Morgan fingerprint density at radius 1 is 1.59 bits per heavy atom. The van der Waals surface area contributed by atoms with E-state index in [0.717, 1.165) is 6.26 Å². The van der Waals surface area contributed by atoms with E-state index in [1.54, 1.807) is 10.7 Å². The van der Waals surface area contributed by atoms with Gasteiger partial charge in [0.05, 0.1) is 11.8 Å². The maximum Gasteiger partial charge on any atom is 0.197 e. The minimum Gasteiger partial charge on any atom is -0.321 e. The number of sulfone groups is 1. The van der Waals surface area contributed by atoms with Crippen molar-refractivity contribution in [3.63, 3.8) is 0 Å². The zero-order chi connectivity index (χ0) is 13.1. The van der Waals surface area contributed by atoms with E-state index in [2.05, 4.69) is 5.10 Å². The van der Waals surface area contributed by atoms with Crippen molar-refractivity contribution in [2.24, 2.45) is 5.73 Å². The Kier molecular flexibility index (Phi) is 4.41. The van der Waals surface area contributed by atoms with E-state index < -0.39 is 15.9 Å². The Labute approximate surface area is 101 Å². The van der Waals surface area contributed by atoms with Gasteiger partial charge in [-0.05, 0) is 19.4 Å². The molecule has 0 aromatic carbocycles. The number of nitrogens with two attached hydrogens (primary N) is 1. The first-order valence-corrected chi connectivity index (χ1v) is 7.40. The van der Waals surface area contributed by atoms with Crippen LogP contribution in [0.25, 0.3) is 0 Å². The van der Waals surface area contributed by atoms with E-state index >= 15 is 0 Å². The van der Waals surface area contributed by atoms with Gasteiger partial charge in [0, 0.05) is 19.0 Å². The molecular formula is C10H17N3O3S. The molecule has 1 aromatic rings. The van der Waals surface area contributed by atoms with Crippen LogP contribution in [0, 0.1) is 0 Å². The zero-order valence-electron chi connectivity index (χ0n) is 9.96. The average molecular weight is 259 g/mol. The van der Waals surface area contributed by atoms with Crippen molar-refractivity contribution in [3.05, 3.63) is 18.0 Å². The maximum atomic E-state index is 11.9. The maximum absolute atomic E-state index is 11.9. The summed E-state index contributed by atoms with van der Waals surface area (Å²) >= 11 is 0. The fourth-order valence-electron chi connectivity index (χ4n) is 1.46. The van der Waals surface area contributed by atoms with Crippen LogP contribution < -0.4 is 5.73 Å². The highest BCUT2D eigenvalue weighted by Gasteiger charge is 2.20. The van der Waals surface area contributed by atoms with Crippen molar-refractivity contribution in [1.82, 2.24) is 9.78 Å². The Morgan fingerprint density at radius 2 is 2.24 bits per heavy atom. The monoisotopic (exact) mass is 259 g/mol. The highest BCUT2D eigenvalue weighted by Crippen LogP contribution is 2.05. The smallest absolute Gasteiger partial charge is 0.197 e. The summed E-state index contributed by atoms with van der Waals surface area (Å²) in [4.78, 5) is 11.9. The first-order valence-electron chi connectivity index (χ1n) is 5.34. The number of aromatic nitrogens is 2. The van der Waals surface area contributed by atoms with Gasteiger partial charge in [0.15, 0.2) is 5.78 Å². The number of rotatable bonds is 6. The lowest BCUT2D eigenvalue weighted by atomic mass is 10.1. The van der Waals surface area contributed by atoms with Crippen molar-refractivity contribution in [2.75, 3.05) is 12.0 Å². The van der Waals surface area contributed by atoms with Crippen molar-refractivity contribution in [3.8, 4) is 0 Å². The number of carbonyl (C=O) groups is 1. The van der Waals surface area contributed by atoms with Gasteiger partial charge in [-0.25, -0.2) is 8.42 Å². The predicted octanol–water partition coefficient (Wildman–Crippen LogP) is -0.152. The molecular weight excluding hydrogens is 242 g/mol. The van der Waals surface area contributed by atoms with Crippen molar-refractivity contribution < 1.29 is 13.2 Å². The second-order valence-electron chi connectivity index (χ2n) is 3.92. The minimum atomic E-state index is -3.09. The highest BCUT2D eigenvalue weighted by molar-refractivity contribution is 7.90. The molecule has 1 aromatic heterocycles. The van der Waals surface area contributed by atoms with Crippen molar-refractivity contribution in [1.29, 1.82) is 0 Å². The molecule has 0 saturated heterocycles. The number of hydrogen-bond donors (Lipinski definition) is 1. The topological polar surface area (TPSA) is 95.0 Å². The SMILES string of the molecule is CCn1nccc1C(=O)C(N)CCS(C)(=O)=O. The molecule has 96 valence electrons. The number of hydrogen-bond acceptors (Lipinski definition) is 5. The van der Waals surface area contributed by atoms with E-state index in [1.165, 1.54) is 6.20 Å². The molecule has 2 N–H and O–H groups in total. The Balaban J connectivity index is 2.70. The molecule has 0 bridgehead atoms. The molecule has 0 amide bonds. The minimum absolute atomic E-state index is 0.0832. The van der Waals surface area contributed by atoms with Crippen molar-refractivity contribution >= 4 is 15.6 Å². The van der Waals surface area contributed by atoms with Gasteiger partial charge >= 0.3 is 0 Å². The second-order valence-corrected chi connectivity index (χ2v) is 6.18. The molecule has 0 aliphatic carbocycles. The Morgan fingerprint density at radius 3 is 2.76 bits per heavy atom. The van der Waals surface area contributed by atoms with Gasteiger partial charge in [-0.15, -0.1) is 0 Å². The summed E-state index contributed by atoms with van der Waals surface area (Å²) in [5.74, 6) is -0.354. The number of ketones is 1. The number of Topliss-reactive ketones (excluding diaryl/α,β-unsaturated/α-hetero) is 1. The summed E-state index contributed by atoms with van der Waals surface area (Å²) < 4.78 is 23.5. The average Bonchev–Trinajstić information content (AvgIpc) is 2.71. The third kappa shape index (κ3) is 3.94. The number of carbonyl (C=O) groups excluding carboxylic acids is 1. The van der Waals surface area contributed by atoms with Gasteiger partial charge in [0.25, 0.3) is 0 Å². The van der Waals surface area contributed by atoms with Gasteiger partial charge in [-0.1, -0.05) is 0 Å². The molecule has 0 spiro atoms. The molecule has 7 heteroatoms. The molecule has 1 atom stereocenters. The fourth-order valence-corrected chi connectivity index (χ4v) is 2.14. The van der Waals surface area contributed by atoms with Crippen LogP contribution in [0.1, 0.15) is 23.8 Å². The van der Waals surface area contributed by atoms with Crippen molar-refractivity contribution in [2.45, 2.75) is 25.9 Å². The van der Waals surface area contributed by atoms with Crippen LogP contribution in [0.4, 0.5) is 0 Å². The van der Waals surface area contributed by atoms with E-state index in [9.17, 15) is 13.2 Å². The molecule has 0 aliphatic heterocycles. The largest absolute Gasteiger partial charge is 0.321 e. The normalized spacial score (nSPS) is 13.6. The first-order chi connectivity index (χ1) is 7.85. The van der Waals surface area contributed by atoms with Gasteiger partial charge in [0.2, 0.25) is 0 Å². The summed E-state index contributed by atoms with van der Waals surface area (Å²) in [5.41, 5.74) is 6.11. The summed E-state index contributed by atoms with van der Waals surface area (Å²) in [7, 11) is -3.09. The third-order valence-corrected chi connectivity index (χ3v) is 3.38. The third-order valence-electron chi connectivity index (χ3n) is 2.40. The number of nitrogens with zero attached hydrogens (tertiary/aromatic N) is 2. The molecule has 0 aliphatic rings. The van der Waals surface area contributed by atoms with Crippen LogP contribution in [-0.2, 0) is 16.4 Å². The first kappa shape index (κ1) is 13.9. The lowest BCUT2D eigenvalue weighted by Gasteiger charge is -2.10. The molecule has 17 heavy (non-hydrogen) atoms. The van der Waals surface area contributed by atoms with Crippen LogP contribution in [-0.4, -0.2) is 42.0 Å². The summed E-state index contributed by atoms with van der Waals surface area (Å²) in [6.07, 6.45) is 2.78. The predicted molar refractivity (Wildman–Crippen MR) is 64.5 cm³/mol. The second kappa shape index (κ2) is 5.42. The van der Waals surface area contributed by atoms with Crippen LogP contribution in [0.2, 0.25) is 0 Å². The fraction of sp³-hybridized carbons (Fsp3) is 0.600. The van der Waals surface area contributed by atoms with Crippen LogP contribution >= 0.6 is 0 Å². The van der Waals surface area contributed by atoms with Gasteiger partial charge in [0.1, 0.15) is 15.5 Å². The molecule has 1 rings (SSSR count). The lowest BCUT2D eigenvalue weighted by molar-refractivity contribution is 0.0949. The van der Waals surface area contributed by atoms with Crippen LogP contribution in [0.3, 0.4) is 0 Å². The molecule has 1 heterocycles. The molecule has 0 radical (unpaired) electrons. The van der Waals surface area contributed by atoms with Gasteiger partial charge in [-0.2, -0.15) is 5.10 Å². The molecule has 6 nitrogen and oxygen atoms in total. The molecule has 0 fully saturated rings. The van der Waals surface area contributed by atoms with Gasteiger partial charge < -0.3 is 5.73 Å². The lowest BCUT2D eigenvalue weighted by Crippen LogP contribution is -2.34. The quantitative estimate of drug-likeness (QED) is 0.717. The summed E-state index contributed by atoms with van der Waals surface area (Å²) in [6.45, 7) is 2.44. The van der Waals surface area contributed by atoms with E-state index in [-0.39, 0.29) is 18.0 Å². The van der Waals surface area contributed by atoms with Crippen LogP contribution in [0.15, 0.2) is 12.3 Å². The Bertz CT molecular complexity index is 493. The van der Waals surface area contributed by atoms with E-state index in [0.29, 0.717) is 12.2 Å². The highest BCUT2D eigenvalue weighted by atomic mass is 32.2. The molecule has 1 unspecified atom stereocenters. The standard InChI is InChI=1S/C10H17N3O3S/c1-3-13-9(4-6-12-13)10(14)8(11)5-7-17(2,15)16/h4,6,8H,3,5,7,11H2,1-2H3. The Hall–Kier alpha value is -1.21. The number of aryl methyl sites for hydroxylation is 1. The summed E-state index contributed by atoms with van der Waals surface area (Å²) in [5, 5.41) is 3.97. The molecule has 0 saturated carbocycles. The van der Waals surface area contributed by atoms with E-state index in [1.807, 2.05) is 6.92 Å². The summed E-state index contributed by atoms with van der Waals surface area (Å²) in [6, 6.07) is 0.790. The zero-order valence-corrected chi connectivity index (χ0v) is 10.8.